The van der Waals surface area contributed by atoms with Gasteiger partial charge in [-0.05, 0) is 19.3 Å². The van der Waals surface area contributed by atoms with Gasteiger partial charge in [-0.1, -0.05) is 231 Å². The van der Waals surface area contributed by atoms with Crippen LogP contribution in [0.4, 0.5) is 0 Å². The highest BCUT2D eigenvalue weighted by molar-refractivity contribution is 5.76. The Morgan fingerprint density at radius 1 is 0.500 bits per heavy atom. The molecule has 2 aliphatic heterocycles. The van der Waals surface area contributed by atoms with Crippen molar-refractivity contribution < 1.29 is 64.6 Å². The van der Waals surface area contributed by atoms with Crippen LogP contribution in [0.25, 0.3) is 0 Å². The maximum atomic E-state index is 13.2. The van der Waals surface area contributed by atoms with Gasteiger partial charge < -0.3 is 65.1 Å². The summed E-state index contributed by atoms with van der Waals surface area (Å²) >= 11 is 0. The molecule has 0 aromatic heterocycles. The van der Waals surface area contributed by atoms with Gasteiger partial charge in [-0.15, -0.1) is 0 Å². The lowest BCUT2D eigenvalue weighted by Crippen LogP contribution is -2.65. The summed E-state index contributed by atoms with van der Waals surface area (Å²) in [6.07, 6.45) is 31.5. The second kappa shape index (κ2) is 43.0. The lowest BCUT2D eigenvalue weighted by atomic mass is 9.97. The van der Waals surface area contributed by atoms with E-state index >= 15 is 0 Å². The van der Waals surface area contributed by atoms with E-state index in [1.807, 2.05) is 6.08 Å². The molecule has 414 valence electrons. The molecule has 0 aromatic rings. The second-order valence-electron chi connectivity index (χ2n) is 20.8. The van der Waals surface area contributed by atoms with Crippen LogP contribution in [0.1, 0.15) is 245 Å². The van der Waals surface area contributed by atoms with E-state index in [4.69, 9.17) is 18.9 Å². The molecule has 70 heavy (non-hydrogen) atoms. The first kappa shape index (κ1) is 64.8. The molecule has 0 radical (unpaired) electrons. The van der Waals surface area contributed by atoms with Gasteiger partial charge in [0.1, 0.15) is 48.8 Å². The van der Waals surface area contributed by atoms with E-state index in [0.717, 1.165) is 38.5 Å². The zero-order chi connectivity index (χ0) is 51.0. The number of allylic oxidation sites excluding steroid dienone is 1. The predicted octanol–water partition coefficient (Wildman–Crippen LogP) is 9.11. The van der Waals surface area contributed by atoms with Crippen LogP contribution in [-0.4, -0.2) is 140 Å². The van der Waals surface area contributed by atoms with Gasteiger partial charge in [0.2, 0.25) is 5.91 Å². The summed E-state index contributed by atoms with van der Waals surface area (Å²) in [5, 5.41) is 86.7. The average molecular weight is 1000 g/mol. The highest BCUT2D eigenvalue weighted by Gasteiger charge is 2.51. The summed E-state index contributed by atoms with van der Waals surface area (Å²) < 4.78 is 22.7. The van der Waals surface area contributed by atoms with Crippen LogP contribution in [0.15, 0.2) is 12.2 Å². The normalized spacial score (nSPS) is 26.0. The van der Waals surface area contributed by atoms with Crippen molar-refractivity contribution in [2.75, 3.05) is 19.8 Å². The van der Waals surface area contributed by atoms with Gasteiger partial charge in [-0.25, -0.2) is 0 Å². The second-order valence-corrected chi connectivity index (χ2v) is 20.8. The molecule has 2 aliphatic rings. The van der Waals surface area contributed by atoms with Crippen LogP contribution in [0.3, 0.4) is 0 Å². The van der Waals surface area contributed by atoms with E-state index in [1.165, 1.54) is 180 Å². The molecule has 2 heterocycles. The van der Waals surface area contributed by atoms with Crippen LogP contribution in [0.2, 0.25) is 0 Å². The number of nitrogens with one attached hydrogen (secondary N) is 1. The van der Waals surface area contributed by atoms with Gasteiger partial charge >= 0.3 is 0 Å². The molecule has 2 saturated heterocycles. The number of ether oxygens (including phenoxy) is 4. The van der Waals surface area contributed by atoms with Crippen molar-refractivity contribution in [2.24, 2.45) is 0 Å². The molecular weight excluding hydrogens is 895 g/mol. The zero-order valence-corrected chi connectivity index (χ0v) is 44.3. The minimum atomic E-state index is -1.78. The molecule has 9 N–H and O–H groups in total. The summed E-state index contributed by atoms with van der Waals surface area (Å²) in [5.74, 6) is -0.237. The highest BCUT2D eigenvalue weighted by Crippen LogP contribution is 2.30. The molecule has 12 atom stereocenters. The van der Waals surface area contributed by atoms with E-state index in [2.05, 4.69) is 19.2 Å². The summed E-state index contributed by atoms with van der Waals surface area (Å²) in [7, 11) is 0. The fourth-order valence-corrected chi connectivity index (χ4v) is 9.76. The molecular formula is C56H107NO13. The third-order valence-corrected chi connectivity index (χ3v) is 14.5. The van der Waals surface area contributed by atoms with Crippen molar-refractivity contribution in [1.29, 1.82) is 0 Å². The van der Waals surface area contributed by atoms with Gasteiger partial charge in [0.15, 0.2) is 12.6 Å². The molecule has 0 saturated carbocycles. The number of carbonyl (C=O) groups excluding carboxylic acids is 1. The number of rotatable bonds is 46. The van der Waals surface area contributed by atoms with Crippen molar-refractivity contribution in [3.05, 3.63) is 12.2 Å². The molecule has 12 unspecified atom stereocenters. The Hall–Kier alpha value is -1.27. The number of aliphatic hydroxyl groups is 8. The first-order valence-electron chi connectivity index (χ1n) is 28.9. The van der Waals surface area contributed by atoms with Crippen molar-refractivity contribution in [3.8, 4) is 0 Å². The topological polar surface area (TPSA) is 228 Å². The molecule has 0 spiro atoms. The number of hydrogen-bond acceptors (Lipinski definition) is 13. The number of hydrogen-bond donors (Lipinski definition) is 9. The molecule has 1 amide bonds. The Morgan fingerprint density at radius 3 is 1.31 bits per heavy atom. The number of unbranched alkanes of at least 4 members (excludes halogenated alkanes) is 33. The molecule has 0 aliphatic carbocycles. The van der Waals surface area contributed by atoms with E-state index in [0.29, 0.717) is 6.42 Å². The largest absolute Gasteiger partial charge is 0.394 e. The van der Waals surface area contributed by atoms with Crippen molar-refractivity contribution in [3.63, 3.8) is 0 Å². The fraction of sp³-hybridized carbons (Fsp3) is 0.946. The van der Waals surface area contributed by atoms with Crippen LogP contribution < -0.4 is 5.32 Å². The average Bonchev–Trinajstić information content (AvgIpc) is 3.36. The summed E-state index contributed by atoms with van der Waals surface area (Å²) in [5.41, 5.74) is 0. The van der Waals surface area contributed by atoms with Gasteiger partial charge in [-0.2, -0.15) is 0 Å². The Labute approximate surface area is 425 Å². The van der Waals surface area contributed by atoms with Crippen molar-refractivity contribution >= 4 is 5.91 Å². The minimum absolute atomic E-state index is 0.237. The first-order chi connectivity index (χ1) is 34.1. The lowest BCUT2D eigenvalue weighted by Gasteiger charge is -2.46. The first-order valence-corrected chi connectivity index (χ1v) is 28.9. The van der Waals surface area contributed by atoms with E-state index in [-0.39, 0.29) is 18.9 Å². The van der Waals surface area contributed by atoms with Gasteiger partial charge in [-0.3, -0.25) is 4.79 Å². The van der Waals surface area contributed by atoms with E-state index in [1.54, 1.807) is 6.08 Å². The van der Waals surface area contributed by atoms with Crippen LogP contribution >= 0.6 is 0 Å². The van der Waals surface area contributed by atoms with Gasteiger partial charge in [0.25, 0.3) is 0 Å². The smallest absolute Gasteiger partial charge is 0.220 e. The fourth-order valence-electron chi connectivity index (χ4n) is 9.76. The zero-order valence-electron chi connectivity index (χ0n) is 44.3. The lowest BCUT2D eigenvalue weighted by molar-refractivity contribution is -0.359. The van der Waals surface area contributed by atoms with Crippen LogP contribution in [0.5, 0.6) is 0 Å². The monoisotopic (exact) mass is 1000 g/mol. The Balaban J connectivity index is 1.65. The number of carbonyl (C=O) groups is 1. The molecule has 0 bridgehead atoms. The molecule has 2 fully saturated rings. The Kier molecular flexibility index (Phi) is 39.9. The van der Waals surface area contributed by atoms with Gasteiger partial charge in [0, 0.05) is 6.42 Å². The maximum absolute atomic E-state index is 13.2. The molecule has 2 rings (SSSR count). The maximum Gasteiger partial charge on any atom is 0.220 e. The van der Waals surface area contributed by atoms with Crippen molar-refractivity contribution in [1.82, 2.24) is 5.32 Å². The summed E-state index contributed by atoms with van der Waals surface area (Å²) in [6.45, 7) is 2.78. The Morgan fingerprint density at radius 2 is 0.886 bits per heavy atom. The molecule has 14 heteroatoms. The number of amides is 1. The Bertz CT molecular complexity index is 1230. The standard InChI is InChI=1S/C56H107NO13/c1-3-5-7-9-11-13-14-15-16-17-18-19-20-21-22-23-24-25-26-27-28-29-30-32-34-36-38-40-48(61)57-44(45(60)39-37-35-33-31-12-10-8-6-4-2)43-67-55-53(66)51(64)54(47(42-59)69-55)70-56-52(65)50(63)49(62)46(41-58)68-56/h37,39,44-47,49-56,58-60,62-66H,3-36,38,40-43H2,1-2H3,(H,57,61)/b39-37+. The third-order valence-electron chi connectivity index (χ3n) is 14.5. The third kappa shape index (κ3) is 29.0. The van der Waals surface area contributed by atoms with Crippen molar-refractivity contribution in [2.45, 2.75) is 319 Å². The SMILES string of the molecule is CCCCCCCCC/C=C/C(O)C(COC1OC(CO)C(OC2OC(CO)C(O)C(O)C2O)C(O)C1O)NC(=O)CCCCCCCCCCCCCCCCCCCCCCCCCCCCC. The predicted molar refractivity (Wildman–Crippen MR) is 277 cm³/mol. The quantitative estimate of drug-likeness (QED) is 0.0205. The number of aliphatic hydroxyl groups excluding tert-OH is 8. The highest BCUT2D eigenvalue weighted by atomic mass is 16.7. The van der Waals surface area contributed by atoms with Crippen LogP contribution in [-0.2, 0) is 23.7 Å². The minimum Gasteiger partial charge on any atom is -0.394 e. The summed E-state index contributed by atoms with van der Waals surface area (Å²) in [4.78, 5) is 13.2. The van der Waals surface area contributed by atoms with Crippen LogP contribution in [0, 0.1) is 0 Å². The molecule has 14 nitrogen and oxygen atoms in total. The molecule has 0 aromatic carbocycles. The van der Waals surface area contributed by atoms with E-state index in [9.17, 15) is 45.6 Å². The van der Waals surface area contributed by atoms with Gasteiger partial charge in [0.05, 0.1) is 32.0 Å². The van der Waals surface area contributed by atoms with E-state index < -0.39 is 86.8 Å². The summed E-state index contributed by atoms with van der Waals surface area (Å²) in [6, 6.07) is -0.907.